The fraction of sp³-hybridized carbons (Fsp3) is 0.167. The molecule has 86 valence electrons. The number of aryl methyl sites for hydroxylation is 1. The second-order valence-corrected chi connectivity index (χ2v) is 3.84. The van der Waals surface area contributed by atoms with Crippen molar-refractivity contribution in [3.63, 3.8) is 0 Å². The molecule has 0 aliphatic heterocycles. The molecule has 2 aromatic carbocycles. The van der Waals surface area contributed by atoms with Gasteiger partial charge in [0.05, 0.1) is 0 Å². The lowest BCUT2D eigenvalue weighted by molar-refractivity contribution is 0.405. The van der Waals surface area contributed by atoms with Crippen LogP contribution in [-0.4, -0.2) is 9.79 Å². The number of rotatable bonds is 1. The third-order valence-corrected chi connectivity index (χ3v) is 2.26. The van der Waals surface area contributed by atoms with Gasteiger partial charge in [0.15, 0.2) is 0 Å². The maximum absolute atomic E-state index is 8.74. The molecule has 0 aromatic heterocycles. The van der Waals surface area contributed by atoms with Gasteiger partial charge in [0, 0.05) is 0 Å². The number of benzene rings is 2. The SMILES string of the molecule is CCc1cccc2ccccc12.O=[PH](O)O. The first-order valence-electron chi connectivity index (χ1n) is 5.03. The van der Waals surface area contributed by atoms with E-state index in [0.29, 0.717) is 0 Å². The van der Waals surface area contributed by atoms with Gasteiger partial charge in [0.2, 0.25) is 0 Å². The van der Waals surface area contributed by atoms with E-state index in [1.54, 1.807) is 0 Å². The van der Waals surface area contributed by atoms with Crippen LogP contribution in [0.5, 0.6) is 0 Å². The lowest BCUT2D eigenvalue weighted by Gasteiger charge is -2.02. The van der Waals surface area contributed by atoms with E-state index >= 15 is 0 Å². The molecule has 0 saturated carbocycles. The highest BCUT2D eigenvalue weighted by Gasteiger charge is 1.95. The van der Waals surface area contributed by atoms with E-state index < -0.39 is 8.25 Å². The van der Waals surface area contributed by atoms with E-state index in [2.05, 4.69) is 49.4 Å². The monoisotopic (exact) mass is 238 g/mol. The minimum Gasteiger partial charge on any atom is -0.326 e. The van der Waals surface area contributed by atoms with Crippen molar-refractivity contribution in [2.24, 2.45) is 0 Å². The smallest absolute Gasteiger partial charge is 0.314 e. The van der Waals surface area contributed by atoms with Gasteiger partial charge >= 0.3 is 8.25 Å². The largest absolute Gasteiger partial charge is 0.326 e. The maximum atomic E-state index is 8.74. The Morgan fingerprint density at radius 2 is 1.62 bits per heavy atom. The summed E-state index contributed by atoms with van der Waals surface area (Å²) in [7, 11) is -3.13. The highest BCUT2D eigenvalue weighted by molar-refractivity contribution is 7.30. The standard InChI is InChI=1S/C12H12.H3O3P/c1-2-10-7-5-8-11-6-3-4-9-12(10)11;1-4(2)3/h3-9H,2H2,1H3;4H,(H2,1,2,3). The Morgan fingerprint density at radius 1 is 1.06 bits per heavy atom. The van der Waals surface area contributed by atoms with Crippen LogP contribution in [0.3, 0.4) is 0 Å². The molecular formula is C12H15O3P. The maximum Gasteiger partial charge on any atom is 0.314 e. The van der Waals surface area contributed by atoms with Crippen molar-refractivity contribution >= 4 is 19.0 Å². The van der Waals surface area contributed by atoms with Crippen molar-refractivity contribution < 1.29 is 14.4 Å². The van der Waals surface area contributed by atoms with E-state index in [0.717, 1.165) is 6.42 Å². The van der Waals surface area contributed by atoms with Crippen molar-refractivity contribution in [2.45, 2.75) is 13.3 Å². The van der Waals surface area contributed by atoms with Gasteiger partial charge in [0.1, 0.15) is 0 Å². The molecule has 0 aliphatic carbocycles. The highest BCUT2D eigenvalue weighted by atomic mass is 31.1. The quantitative estimate of drug-likeness (QED) is 0.751. The van der Waals surface area contributed by atoms with Gasteiger partial charge in [-0.25, -0.2) is 0 Å². The molecule has 0 fully saturated rings. The second kappa shape index (κ2) is 6.44. The Bertz CT molecular complexity index is 473. The van der Waals surface area contributed by atoms with Crippen LogP contribution < -0.4 is 0 Å². The summed E-state index contributed by atoms with van der Waals surface area (Å²) in [5.41, 5.74) is 1.44. The average molecular weight is 238 g/mol. The fourth-order valence-electron chi connectivity index (χ4n) is 1.60. The molecule has 16 heavy (non-hydrogen) atoms. The van der Waals surface area contributed by atoms with Gasteiger partial charge in [-0.1, -0.05) is 49.4 Å². The van der Waals surface area contributed by atoms with Crippen LogP contribution in [0.4, 0.5) is 0 Å². The zero-order valence-electron chi connectivity index (χ0n) is 9.05. The predicted octanol–water partition coefficient (Wildman–Crippen LogP) is 2.76. The summed E-state index contributed by atoms with van der Waals surface area (Å²) in [5.74, 6) is 0. The van der Waals surface area contributed by atoms with E-state index in [4.69, 9.17) is 14.4 Å². The van der Waals surface area contributed by atoms with Crippen LogP contribution in [0.25, 0.3) is 10.8 Å². The average Bonchev–Trinajstić information content (AvgIpc) is 2.27. The molecule has 3 nitrogen and oxygen atoms in total. The van der Waals surface area contributed by atoms with Crippen LogP contribution in [-0.2, 0) is 11.0 Å². The Kier molecular flexibility index (Phi) is 5.20. The topological polar surface area (TPSA) is 57.5 Å². The molecule has 0 amide bonds. The van der Waals surface area contributed by atoms with Gasteiger partial charge in [-0.05, 0) is 22.8 Å². The van der Waals surface area contributed by atoms with Gasteiger partial charge in [0.25, 0.3) is 0 Å². The first kappa shape index (κ1) is 12.9. The van der Waals surface area contributed by atoms with Crippen molar-refractivity contribution in [2.75, 3.05) is 0 Å². The molecule has 0 saturated heterocycles. The van der Waals surface area contributed by atoms with Crippen LogP contribution in [0.15, 0.2) is 42.5 Å². The van der Waals surface area contributed by atoms with Crippen molar-refractivity contribution in [3.05, 3.63) is 48.0 Å². The van der Waals surface area contributed by atoms with Crippen LogP contribution >= 0.6 is 8.25 Å². The van der Waals surface area contributed by atoms with Gasteiger partial charge < -0.3 is 9.79 Å². The van der Waals surface area contributed by atoms with Crippen LogP contribution in [0, 0.1) is 0 Å². The predicted molar refractivity (Wildman–Crippen MR) is 66.8 cm³/mol. The Labute approximate surface area is 95.3 Å². The van der Waals surface area contributed by atoms with Crippen molar-refractivity contribution in [3.8, 4) is 0 Å². The van der Waals surface area contributed by atoms with Gasteiger partial charge in [-0.2, -0.15) is 0 Å². The molecule has 4 heteroatoms. The summed E-state index contributed by atoms with van der Waals surface area (Å²) in [6, 6.07) is 15.0. The molecule has 0 atom stereocenters. The van der Waals surface area contributed by atoms with E-state index in [-0.39, 0.29) is 0 Å². The lowest BCUT2D eigenvalue weighted by atomic mass is 10.0. The van der Waals surface area contributed by atoms with Crippen LogP contribution in [0.1, 0.15) is 12.5 Å². The molecule has 0 unspecified atom stereocenters. The minimum absolute atomic E-state index is 1.11. The normalized spacial score (nSPS) is 10.0. The number of fused-ring (bicyclic) bond motifs is 1. The van der Waals surface area contributed by atoms with Crippen molar-refractivity contribution in [1.82, 2.24) is 0 Å². The highest BCUT2D eigenvalue weighted by Crippen LogP contribution is 2.18. The molecule has 2 rings (SSSR count). The summed E-state index contributed by atoms with van der Waals surface area (Å²) < 4.78 is 8.74. The first-order chi connectivity index (χ1) is 7.65. The number of hydrogen-bond donors (Lipinski definition) is 2. The molecule has 0 heterocycles. The fourth-order valence-corrected chi connectivity index (χ4v) is 1.60. The Balaban J connectivity index is 0.000000280. The van der Waals surface area contributed by atoms with Gasteiger partial charge in [-0.3, -0.25) is 4.57 Å². The molecule has 0 spiro atoms. The zero-order chi connectivity index (χ0) is 12.0. The molecule has 0 aliphatic rings. The summed E-state index contributed by atoms with van der Waals surface area (Å²) in [4.78, 5) is 14.3. The summed E-state index contributed by atoms with van der Waals surface area (Å²) >= 11 is 0. The minimum atomic E-state index is -3.13. The summed E-state index contributed by atoms with van der Waals surface area (Å²) in [5, 5.41) is 2.74. The summed E-state index contributed by atoms with van der Waals surface area (Å²) in [6.07, 6.45) is 1.11. The molecule has 2 aromatic rings. The van der Waals surface area contributed by atoms with Gasteiger partial charge in [-0.15, -0.1) is 0 Å². The molecule has 0 radical (unpaired) electrons. The zero-order valence-corrected chi connectivity index (χ0v) is 10.1. The summed E-state index contributed by atoms with van der Waals surface area (Å²) in [6.45, 7) is 2.20. The lowest BCUT2D eigenvalue weighted by Crippen LogP contribution is -1.81. The third kappa shape index (κ3) is 3.78. The van der Waals surface area contributed by atoms with E-state index in [1.165, 1.54) is 16.3 Å². The third-order valence-electron chi connectivity index (χ3n) is 2.26. The van der Waals surface area contributed by atoms with Crippen LogP contribution in [0.2, 0.25) is 0 Å². The number of hydrogen-bond acceptors (Lipinski definition) is 1. The van der Waals surface area contributed by atoms with E-state index in [1.807, 2.05) is 0 Å². The molecular weight excluding hydrogens is 223 g/mol. The Hall–Kier alpha value is -1.15. The Morgan fingerprint density at radius 3 is 2.25 bits per heavy atom. The molecule has 0 bridgehead atoms. The van der Waals surface area contributed by atoms with E-state index in [9.17, 15) is 0 Å². The van der Waals surface area contributed by atoms with Crippen molar-refractivity contribution in [1.29, 1.82) is 0 Å². The first-order valence-corrected chi connectivity index (χ1v) is 6.34. The molecule has 2 N–H and O–H groups in total. The second-order valence-electron chi connectivity index (χ2n) is 3.27.